The molecule has 1 saturated heterocycles. The fraction of sp³-hybridized carbons (Fsp3) is 1.00. The van der Waals surface area contributed by atoms with Crippen LogP contribution in [0.3, 0.4) is 0 Å². The SMILES string of the molecule is O=S(=O)(C1CCC(C2CCC3CCCCC32)CC1)C1CC(C(F)(F)F)C(C(F)(F)F)CC1S(=O)(=O)C1CCC(N2CCC3CCCCC32)CC1. The molecular formula is C37H57F6NO4S2. The maximum absolute atomic E-state index is 14.4. The van der Waals surface area contributed by atoms with Gasteiger partial charge in [-0.15, -0.1) is 0 Å². The van der Waals surface area contributed by atoms with Crippen LogP contribution < -0.4 is 0 Å². The highest BCUT2D eigenvalue weighted by Crippen LogP contribution is 2.55. The quantitative estimate of drug-likeness (QED) is 0.253. The van der Waals surface area contributed by atoms with E-state index in [0.717, 1.165) is 31.7 Å². The molecule has 0 aromatic rings. The van der Waals surface area contributed by atoms with Gasteiger partial charge in [0.1, 0.15) is 0 Å². The van der Waals surface area contributed by atoms with Gasteiger partial charge in [0.05, 0.1) is 32.8 Å². The van der Waals surface area contributed by atoms with Gasteiger partial charge in [-0.3, -0.25) is 4.90 Å². The number of fused-ring (bicyclic) bond motifs is 2. The van der Waals surface area contributed by atoms with Crippen molar-refractivity contribution in [1.82, 2.24) is 4.90 Å². The predicted molar refractivity (Wildman–Crippen MR) is 181 cm³/mol. The number of hydrogen-bond donors (Lipinski definition) is 0. The normalized spacial score (nSPS) is 44.1. The summed E-state index contributed by atoms with van der Waals surface area (Å²) in [6.07, 6.45) is 3.00. The molecule has 0 aromatic carbocycles. The van der Waals surface area contributed by atoms with Crippen LogP contribution in [0.5, 0.6) is 0 Å². The molecule has 1 heterocycles. The summed E-state index contributed by atoms with van der Waals surface area (Å²) in [7, 11) is -8.97. The van der Waals surface area contributed by atoms with Gasteiger partial charge < -0.3 is 0 Å². The van der Waals surface area contributed by atoms with Crippen LogP contribution in [0.2, 0.25) is 0 Å². The zero-order chi connectivity index (χ0) is 35.6. The average Bonchev–Trinajstić information content (AvgIpc) is 3.72. The maximum Gasteiger partial charge on any atom is 0.392 e. The van der Waals surface area contributed by atoms with Crippen molar-refractivity contribution >= 4 is 19.7 Å². The molecule has 0 aromatic heterocycles. The van der Waals surface area contributed by atoms with Crippen molar-refractivity contribution in [1.29, 1.82) is 0 Å². The third kappa shape index (κ3) is 7.17. The predicted octanol–water partition coefficient (Wildman–Crippen LogP) is 9.05. The molecule has 6 saturated carbocycles. The first-order valence-corrected chi connectivity index (χ1v) is 23.1. The van der Waals surface area contributed by atoms with Gasteiger partial charge in [-0.2, -0.15) is 26.3 Å². The zero-order valence-corrected chi connectivity index (χ0v) is 30.9. The van der Waals surface area contributed by atoms with Crippen molar-refractivity contribution < 1.29 is 43.2 Å². The monoisotopic (exact) mass is 757 g/mol. The number of sulfone groups is 2. The highest BCUT2D eigenvalue weighted by Gasteiger charge is 2.64. The molecule has 7 fully saturated rings. The van der Waals surface area contributed by atoms with E-state index < -0.39 is 77.7 Å². The molecule has 9 unspecified atom stereocenters. The van der Waals surface area contributed by atoms with E-state index in [9.17, 15) is 43.2 Å². The number of halogens is 6. The first-order chi connectivity index (χ1) is 23.6. The molecule has 0 bridgehead atoms. The largest absolute Gasteiger partial charge is 0.392 e. The summed E-state index contributed by atoms with van der Waals surface area (Å²) in [5.74, 6) is -3.01. The molecule has 9 atom stereocenters. The Balaban J connectivity index is 1.10. The fourth-order valence-electron chi connectivity index (χ4n) is 12.9. The van der Waals surface area contributed by atoms with Crippen LogP contribution in [0.25, 0.3) is 0 Å². The lowest BCUT2D eigenvalue weighted by atomic mass is 9.70. The van der Waals surface area contributed by atoms with E-state index in [4.69, 9.17) is 0 Å². The average molecular weight is 758 g/mol. The highest BCUT2D eigenvalue weighted by molar-refractivity contribution is 7.96. The molecule has 5 nitrogen and oxygen atoms in total. The maximum atomic E-state index is 14.4. The van der Waals surface area contributed by atoms with Gasteiger partial charge >= 0.3 is 12.4 Å². The fourth-order valence-corrected chi connectivity index (χ4v) is 18.6. The summed E-state index contributed by atoms with van der Waals surface area (Å²) < 4.78 is 144. The van der Waals surface area contributed by atoms with Gasteiger partial charge in [0.15, 0.2) is 19.7 Å². The topological polar surface area (TPSA) is 71.5 Å². The lowest BCUT2D eigenvalue weighted by Gasteiger charge is -2.45. The van der Waals surface area contributed by atoms with Crippen molar-refractivity contribution in [3.8, 4) is 0 Å². The number of hydrogen-bond acceptors (Lipinski definition) is 5. The smallest absolute Gasteiger partial charge is 0.297 e. The Hall–Kier alpha value is -0.560. The number of likely N-dealkylation sites (tertiary alicyclic amines) is 1. The summed E-state index contributed by atoms with van der Waals surface area (Å²) in [5.41, 5.74) is 0. The number of alkyl halides is 6. The Morgan fingerprint density at radius 3 is 1.46 bits per heavy atom. The third-order valence-electron chi connectivity index (χ3n) is 15.4. The molecule has 0 spiro atoms. The van der Waals surface area contributed by atoms with Crippen LogP contribution >= 0.6 is 0 Å². The van der Waals surface area contributed by atoms with E-state index in [-0.39, 0.29) is 31.7 Å². The van der Waals surface area contributed by atoms with E-state index >= 15 is 0 Å². The van der Waals surface area contributed by atoms with Crippen LogP contribution in [0, 0.1) is 41.4 Å². The van der Waals surface area contributed by atoms with Crippen molar-refractivity contribution in [2.45, 2.75) is 180 Å². The molecule has 288 valence electrons. The lowest BCUT2D eigenvalue weighted by Crippen LogP contribution is -2.57. The molecule has 0 amide bonds. The Labute approximate surface area is 295 Å². The lowest BCUT2D eigenvalue weighted by molar-refractivity contribution is -0.261. The van der Waals surface area contributed by atoms with Crippen LogP contribution in [-0.4, -0.2) is 73.7 Å². The molecule has 13 heteroatoms. The van der Waals surface area contributed by atoms with E-state index in [1.165, 1.54) is 51.4 Å². The second-order valence-corrected chi connectivity index (χ2v) is 22.5. The van der Waals surface area contributed by atoms with Gasteiger partial charge in [0, 0.05) is 12.1 Å². The van der Waals surface area contributed by atoms with Gasteiger partial charge in [-0.05, 0) is 139 Å². The highest BCUT2D eigenvalue weighted by atomic mass is 32.2. The number of rotatable bonds is 6. The van der Waals surface area contributed by atoms with Gasteiger partial charge in [0.2, 0.25) is 0 Å². The van der Waals surface area contributed by atoms with Crippen molar-refractivity contribution in [2.24, 2.45) is 41.4 Å². The van der Waals surface area contributed by atoms with Crippen molar-refractivity contribution in [3.05, 3.63) is 0 Å². The summed E-state index contributed by atoms with van der Waals surface area (Å²) in [6, 6.07) is 0.659. The van der Waals surface area contributed by atoms with E-state index in [0.29, 0.717) is 55.4 Å². The summed E-state index contributed by atoms with van der Waals surface area (Å²) in [6.45, 7) is 0.955. The Bertz CT molecular complexity index is 1300. The first-order valence-electron chi connectivity index (χ1n) is 19.9. The summed E-state index contributed by atoms with van der Waals surface area (Å²) >= 11 is 0. The summed E-state index contributed by atoms with van der Waals surface area (Å²) in [4.78, 5) is 2.50. The molecule has 50 heavy (non-hydrogen) atoms. The minimum atomic E-state index is -5.30. The minimum Gasteiger partial charge on any atom is -0.297 e. The van der Waals surface area contributed by atoms with Crippen LogP contribution in [0.1, 0.15) is 135 Å². The summed E-state index contributed by atoms with van der Waals surface area (Å²) in [5, 5.41) is -6.02. The molecule has 1 aliphatic heterocycles. The Kier molecular flexibility index (Phi) is 10.8. The van der Waals surface area contributed by atoms with E-state index in [2.05, 4.69) is 4.90 Å². The number of nitrogens with zero attached hydrogens (tertiary/aromatic N) is 1. The van der Waals surface area contributed by atoms with Crippen molar-refractivity contribution in [2.75, 3.05) is 6.54 Å². The second kappa shape index (κ2) is 14.3. The van der Waals surface area contributed by atoms with Gasteiger partial charge in [0.25, 0.3) is 0 Å². The standard InChI is InChI=1S/C37H57F6NO4S2/c38-36(39,40)31-21-34(49(45,46)27-14-9-24(10-15-27)30-18-11-23-5-1-3-7-29(23)30)35(22-32(31)37(41,42)43)50(47,48)28-16-12-26(13-17-28)44-20-19-25-6-2-4-8-33(25)44/h23-35H,1-22H2. The van der Waals surface area contributed by atoms with Crippen LogP contribution in [0.4, 0.5) is 26.3 Å². The molecule has 0 N–H and O–H groups in total. The molecule has 7 rings (SSSR count). The van der Waals surface area contributed by atoms with Crippen LogP contribution in [0.15, 0.2) is 0 Å². The van der Waals surface area contributed by atoms with Gasteiger partial charge in [-0.1, -0.05) is 32.1 Å². The zero-order valence-electron chi connectivity index (χ0n) is 29.2. The molecular weight excluding hydrogens is 701 g/mol. The van der Waals surface area contributed by atoms with Crippen molar-refractivity contribution in [3.63, 3.8) is 0 Å². The van der Waals surface area contributed by atoms with E-state index in [1.807, 2.05) is 0 Å². The molecule has 7 aliphatic rings. The third-order valence-corrected chi connectivity index (χ3v) is 21.1. The van der Waals surface area contributed by atoms with Gasteiger partial charge in [-0.25, -0.2) is 16.8 Å². The Morgan fingerprint density at radius 2 is 0.900 bits per heavy atom. The van der Waals surface area contributed by atoms with Crippen LogP contribution in [-0.2, 0) is 19.7 Å². The van der Waals surface area contributed by atoms with E-state index in [1.54, 1.807) is 0 Å². The first kappa shape index (κ1) is 37.7. The molecule has 6 aliphatic carbocycles. The Morgan fingerprint density at radius 1 is 0.460 bits per heavy atom. The second-order valence-electron chi connectivity index (χ2n) is 17.6. The molecule has 0 radical (unpaired) electrons. The minimum absolute atomic E-state index is 0.178.